The predicted octanol–water partition coefficient (Wildman–Crippen LogP) is 3.49. The Morgan fingerprint density at radius 1 is 0.933 bits per heavy atom. The van der Waals surface area contributed by atoms with Crippen molar-refractivity contribution in [2.75, 3.05) is 7.11 Å². The van der Waals surface area contributed by atoms with Gasteiger partial charge < -0.3 is 9.47 Å². The standard InChI is InChI=1S/C13H12O2/c1-14-12-8-5-9-13(10-12)15-11-6-3-2-4-7-11/h2-10H,1H3/i6D. The van der Waals surface area contributed by atoms with Gasteiger partial charge in [0, 0.05) is 6.07 Å². The van der Waals surface area contributed by atoms with Crippen molar-refractivity contribution < 1.29 is 10.8 Å². The molecule has 0 fully saturated rings. The summed E-state index contributed by atoms with van der Waals surface area (Å²) in [6.45, 7) is 0. The maximum atomic E-state index is 7.66. The Kier molecular flexibility index (Phi) is 2.51. The van der Waals surface area contributed by atoms with Crippen molar-refractivity contribution >= 4 is 0 Å². The molecule has 0 spiro atoms. The number of rotatable bonds is 3. The summed E-state index contributed by atoms with van der Waals surface area (Å²) in [7, 11) is 1.61. The summed E-state index contributed by atoms with van der Waals surface area (Å²) in [5.74, 6) is 1.94. The van der Waals surface area contributed by atoms with Crippen molar-refractivity contribution in [2.24, 2.45) is 0 Å². The third-order valence-electron chi connectivity index (χ3n) is 1.95. The number of methoxy groups -OCH3 is 1. The molecule has 0 amide bonds. The predicted molar refractivity (Wildman–Crippen MR) is 59.5 cm³/mol. The Balaban J connectivity index is 2.24. The zero-order valence-corrected chi connectivity index (χ0v) is 8.44. The lowest BCUT2D eigenvalue weighted by Gasteiger charge is -2.06. The Morgan fingerprint density at radius 2 is 1.73 bits per heavy atom. The molecule has 0 aliphatic carbocycles. The van der Waals surface area contributed by atoms with Gasteiger partial charge in [0.2, 0.25) is 0 Å². The Labute approximate surface area is 90.5 Å². The molecule has 0 atom stereocenters. The van der Waals surface area contributed by atoms with Gasteiger partial charge in [-0.2, -0.15) is 0 Å². The molecular formula is C13H12O2. The van der Waals surface area contributed by atoms with Gasteiger partial charge in [-0.1, -0.05) is 24.3 Å². The van der Waals surface area contributed by atoms with Gasteiger partial charge in [0.25, 0.3) is 0 Å². The van der Waals surface area contributed by atoms with E-state index < -0.39 is 0 Å². The van der Waals surface area contributed by atoms with Crippen LogP contribution in [-0.2, 0) is 0 Å². The van der Waals surface area contributed by atoms with Crippen molar-refractivity contribution in [3.8, 4) is 17.2 Å². The van der Waals surface area contributed by atoms with Crippen LogP contribution in [0.5, 0.6) is 17.2 Å². The van der Waals surface area contributed by atoms with Gasteiger partial charge in [0.1, 0.15) is 17.2 Å². The molecule has 0 aromatic heterocycles. The molecule has 0 aliphatic rings. The van der Waals surface area contributed by atoms with Gasteiger partial charge in [-0.3, -0.25) is 0 Å². The van der Waals surface area contributed by atoms with E-state index in [1.165, 1.54) is 0 Å². The van der Waals surface area contributed by atoms with Crippen molar-refractivity contribution in [3.05, 3.63) is 54.6 Å². The van der Waals surface area contributed by atoms with Gasteiger partial charge in [-0.15, -0.1) is 0 Å². The molecule has 0 bridgehead atoms. The number of benzene rings is 2. The molecular weight excluding hydrogens is 188 g/mol. The van der Waals surface area contributed by atoms with E-state index in [0.717, 1.165) is 5.75 Å². The lowest BCUT2D eigenvalue weighted by Crippen LogP contribution is -1.85. The van der Waals surface area contributed by atoms with Crippen LogP contribution < -0.4 is 9.47 Å². The minimum atomic E-state index is 0.366. The van der Waals surface area contributed by atoms with E-state index in [1.54, 1.807) is 31.4 Å². The van der Waals surface area contributed by atoms with Crippen molar-refractivity contribution in [3.63, 3.8) is 0 Å². The second kappa shape index (κ2) is 4.51. The maximum absolute atomic E-state index is 7.66. The minimum Gasteiger partial charge on any atom is -0.497 e. The Bertz CT molecular complexity index is 483. The van der Waals surface area contributed by atoms with E-state index in [4.69, 9.17) is 10.8 Å². The van der Waals surface area contributed by atoms with Crippen LogP contribution in [0.4, 0.5) is 0 Å². The van der Waals surface area contributed by atoms with E-state index in [0.29, 0.717) is 17.5 Å². The molecule has 2 rings (SSSR count). The molecule has 0 radical (unpaired) electrons. The fourth-order valence-corrected chi connectivity index (χ4v) is 1.23. The monoisotopic (exact) mass is 201 g/mol. The topological polar surface area (TPSA) is 18.5 Å². The first-order chi connectivity index (χ1) is 7.79. The molecule has 0 heterocycles. The second-order valence-corrected chi connectivity index (χ2v) is 3.01. The summed E-state index contributed by atoms with van der Waals surface area (Å²) in [6, 6.07) is 14.8. The highest BCUT2D eigenvalue weighted by molar-refractivity contribution is 5.36. The second-order valence-electron chi connectivity index (χ2n) is 3.01. The van der Waals surface area contributed by atoms with Crippen LogP contribution in [0.3, 0.4) is 0 Å². The van der Waals surface area contributed by atoms with Crippen LogP contribution in [0.1, 0.15) is 1.37 Å². The molecule has 0 aliphatic heterocycles. The molecule has 2 nitrogen and oxygen atoms in total. The van der Waals surface area contributed by atoms with Crippen LogP contribution in [0.2, 0.25) is 0 Å². The van der Waals surface area contributed by atoms with Gasteiger partial charge in [0.15, 0.2) is 0 Å². The van der Waals surface area contributed by atoms with Crippen LogP contribution >= 0.6 is 0 Å². The summed E-state index contributed by atoms with van der Waals surface area (Å²) in [4.78, 5) is 0. The van der Waals surface area contributed by atoms with E-state index in [-0.39, 0.29) is 0 Å². The summed E-state index contributed by atoms with van der Waals surface area (Å²) in [6.07, 6.45) is 0. The van der Waals surface area contributed by atoms with Gasteiger partial charge >= 0.3 is 0 Å². The number of hydrogen-bond donors (Lipinski definition) is 0. The number of hydrogen-bond acceptors (Lipinski definition) is 2. The lowest BCUT2D eigenvalue weighted by molar-refractivity contribution is 0.409. The van der Waals surface area contributed by atoms with E-state index >= 15 is 0 Å². The van der Waals surface area contributed by atoms with Crippen molar-refractivity contribution in [1.82, 2.24) is 0 Å². The molecule has 15 heavy (non-hydrogen) atoms. The SMILES string of the molecule is [2H]c1ccccc1Oc1cccc(OC)c1. The summed E-state index contributed by atoms with van der Waals surface area (Å²) in [5.41, 5.74) is 0. The largest absolute Gasteiger partial charge is 0.497 e. The van der Waals surface area contributed by atoms with Crippen LogP contribution in [0, 0.1) is 0 Å². The normalized spacial score (nSPS) is 10.6. The Morgan fingerprint density at radius 3 is 2.53 bits per heavy atom. The van der Waals surface area contributed by atoms with E-state index in [2.05, 4.69) is 0 Å². The average molecular weight is 201 g/mol. The number of para-hydroxylation sites is 1. The van der Waals surface area contributed by atoms with Crippen molar-refractivity contribution in [1.29, 1.82) is 0 Å². The quantitative estimate of drug-likeness (QED) is 0.756. The van der Waals surface area contributed by atoms with Crippen LogP contribution in [-0.4, -0.2) is 7.11 Å². The third-order valence-corrected chi connectivity index (χ3v) is 1.95. The first-order valence-electron chi connectivity index (χ1n) is 5.17. The number of ether oxygens (including phenoxy) is 2. The highest BCUT2D eigenvalue weighted by atomic mass is 16.5. The van der Waals surface area contributed by atoms with Crippen molar-refractivity contribution in [2.45, 2.75) is 0 Å². The molecule has 2 heteroatoms. The average Bonchev–Trinajstić information content (AvgIpc) is 2.32. The molecule has 2 aromatic rings. The third kappa shape index (κ3) is 2.50. The fourth-order valence-electron chi connectivity index (χ4n) is 1.23. The van der Waals surface area contributed by atoms with Crippen LogP contribution in [0.25, 0.3) is 0 Å². The highest BCUT2D eigenvalue weighted by Crippen LogP contribution is 2.24. The molecule has 2 aromatic carbocycles. The zero-order chi connectivity index (χ0) is 11.4. The lowest BCUT2D eigenvalue weighted by atomic mass is 10.3. The smallest absolute Gasteiger partial charge is 0.131 e. The van der Waals surface area contributed by atoms with Gasteiger partial charge in [0.05, 0.1) is 8.48 Å². The van der Waals surface area contributed by atoms with Gasteiger partial charge in [-0.25, -0.2) is 0 Å². The van der Waals surface area contributed by atoms with E-state index in [9.17, 15) is 0 Å². The minimum absolute atomic E-state index is 0.366. The zero-order valence-electron chi connectivity index (χ0n) is 9.44. The molecule has 0 N–H and O–H groups in total. The first-order valence-corrected chi connectivity index (χ1v) is 4.67. The fraction of sp³-hybridized carbons (Fsp3) is 0.0769. The maximum Gasteiger partial charge on any atom is 0.131 e. The summed E-state index contributed by atoms with van der Waals surface area (Å²) < 4.78 is 18.3. The summed E-state index contributed by atoms with van der Waals surface area (Å²) in [5, 5.41) is 0. The highest BCUT2D eigenvalue weighted by Gasteiger charge is 1.97. The Hall–Kier alpha value is -1.96. The molecule has 0 saturated heterocycles. The van der Waals surface area contributed by atoms with Crippen LogP contribution in [0.15, 0.2) is 54.6 Å². The summed E-state index contributed by atoms with van der Waals surface area (Å²) >= 11 is 0. The molecule has 76 valence electrons. The van der Waals surface area contributed by atoms with E-state index in [1.807, 2.05) is 24.3 Å². The molecule has 0 unspecified atom stereocenters. The molecule has 0 saturated carbocycles. The first kappa shape index (κ1) is 8.36. The van der Waals surface area contributed by atoms with Gasteiger partial charge in [-0.05, 0) is 24.2 Å².